The molecule has 0 aliphatic heterocycles. The van der Waals surface area contributed by atoms with Crippen molar-refractivity contribution in [1.29, 1.82) is 0 Å². The summed E-state index contributed by atoms with van der Waals surface area (Å²) in [6.07, 6.45) is 4.64. The van der Waals surface area contributed by atoms with Gasteiger partial charge in [0, 0.05) is 6.04 Å². The maximum atomic E-state index is 5.04. The van der Waals surface area contributed by atoms with Gasteiger partial charge in [-0.3, -0.25) is 0 Å². The van der Waals surface area contributed by atoms with Crippen LogP contribution < -0.4 is 0 Å². The second-order valence-electron chi connectivity index (χ2n) is 3.77. The summed E-state index contributed by atoms with van der Waals surface area (Å²) in [6.45, 7) is 2.65. The summed E-state index contributed by atoms with van der Waals surface area (Å²) in [7, 11) is 4.30. The molecule has 0 N–H and O–H groups in total. The van der Waals surface area contributed by atoms with E-state index in [0.29, 0.717) is 6.61 Å². The zero-order valence-electron chi connectivity index (χ0n) is 8.92. The fraction of sp³-hybridized carbons (Fsp3) is 0.900. The van der Waals surface area contributed by atoms with E-state index < -0.39 is 0 Å². The molecule has 13 heavy (non-hydrogen) atoms. The number of hydrogen-bond donors (Lipinski definition) is 0. The van der Waals surface area contributed by atoms with Gasteiger partial charge in [-0.1, -0.05) is 5.16 Å². The third kappa shape index (κ3) is 3.35. The Kier molecular flexibility index (Phi) is 4.22. The second-order valence-corrected chi connectivity index (χ2v) is 3.77. The van der Waals surface area contributed by atoms with E-state index in [1.165, 1.54) is 18.6 Å². The highest BCUT2D eigenvalue weighted by Crippen LogP contribution is 2.19. The molecule has 76 valence electrons. The van der Waals surface area contributed by atoms with E-state index in [2.05, 4.69) is 24.2 Å². The molecule has 3 heteroatoms. The summed E-state index contributed by atoms with van der Waals surface area (Å²) >= 11 is 0. The average Bonchev–Trinajstić information content (AvgIpc) is 2.15. The van der Waals surface area contributed by atoms with E-state index >= 15 is 0 Å². The first kappa shape index (κ1) is 10.5. The molecule has 1 rings (SSSR count). The van der Waals surface area contributed by atoms with Crippen LogP contribution in [0.5, 0.6) is 0 Å². The molecule has 0 amide bonds. The Balaban J connectivity index is 2.30. The van der Waals surface area contributed by atoms with Gasteiger partial charge in [-0.05, 0) is 46.7 Å². The highest BCUT2D eigenvalue weighted by molar-refractivity contribution is 5.84. The maximum Gasteiger partial charge on any atom is 0.114 e. The van der Waals surface area contributed by atoms with Gasteiger partial charge >= 0.3 is 0 Å². The summed E-state index contributed by atoms with van der Waals surface area (Å²) in [6, 6.07) is 0.737. The largest absolute Gasteiger partial charge is 0.396 e. The first-order valence-electron chi connectivity index (χ1n) is 5.08. The van der Waals surface area contributed by atoms with Crippen molar-refractivity contribution in [2.45, 2.75) is 38.6 Å². The third-order valence-electron chi connectivity index (χ3n) is 2.59. The third-order valence-corrected chi connectivity index (χ3v) is 2.59. The topological polar surface area (TPSA) is 24.8 Å². The van der Waals surface area contributed by atoms with Gasteiger partial charge in [0.05, 0.1) is 5.71 Å². The fourth-order valence-electron chi connectivity index (χ4n) is 1.70. The van der Waals surface area contributed by atoms with Crippen molar-refractivity contribution < 1.29 is 4.84 Å². The number of nitrogens with zero attached hydrogens (tertiary/aromatic N) is 2. The summed E-state index contributed by atoms with van der Waals surface area (Å²) in [4.78, 5) is 7.35. The van der Waals surface area contributed by atoms with Crippen LogP contribution in [-0.4, -0.2) is 37.4 Å². The van der Waals surface area contributed by atoms with E-state index in [1.54, 1.807) is 0 Å². The molecule has 3 nitrogen and oxygen atoms in total. The Morgan fingerprint density at radius 2 is 2.00 bits per heavy atom. The van der Waals surface area contributed by atoms with Crippen LogP contribution >= 0.6 is 0 Å². The zero-order valence-corrected chi connectivity index (χ0v) is 8.92. The van der Waals surface area contributed by atoms with E-state index in [9.17, 15) is 0 Å². The summed E-state index contributed by atoms with van der Waals surface area (Å²) in [5.74, 6) is 0. The SMILES string of the molecule is CCON=C1CCC(N(C)C)CC1. The lowest BCUT2D eigenvalue weighted by molar-refractivity contribution is 0.155. The van der Waals surface area contributed by atoms with Gasteiger partial charge in [0.2, 0.25) is 0 Å². The Morgan fingerprint density at radius 3 is 2.46 bits per heavy atom. The monoisotopic (exact) mass is 184 g/mol. The molecule has 0 unspecified atom stereocenters. The van der Waals surface area contributed by atoms with Crippen molar-refractivity contribution in [3.8, 4) is 0 Å². The molecular weight excluding hydrogens is 164 g/mol. The Bertz CT molecular complexity index is 168. The van der Waals surface area contributed by atoms with Crippen LogP contribution in [0.3, 0.4) is 0 Å². The smallest absolute Gasteiger partial charge is 0.114 e. The van der Waals surface area contributed by atoms with E-state index in [0.717, 1.165) is 18.9 Å². The number of oxime groups is 1. The molecular formula is C10H20N2O. The zero-order chi connectivity index (χ0) is 9.68. The quantitative estimate of drug-likeness (QED) is 0.626. The van der Waals surface area contributed by atoms with E-state index in [1.807, 2.05) is 6.92 Å². The summed E-state index contributed by atoms with van der Waals surface area (Å²) < 4.78 is 0. The van der Waals surface area contributed by atoms with Gasteiger partial charge in [-0.15, -0.1) is 0 Å². The van der Waals surface area contributed by atoms with Crippen LogP contribution in [0, 0.1) is 0 Å². The van der Waals surface area contributed by atoms with Gasteiger partial charge < -0.3 is 9.74 Å². The van der Waals surface area contributed by atoms with Crippen LogP contribution in [0.4, 0.5) is 0 Å². The fourth-order valence-corrected chi connectivity index (χ4v) is 1.70. The standard InChI is InChI=1S/C10H20N2O/c1-4-13-11-9-5-7-10(8-6-9)12(2)3/h10H,4-8H2,1-3H3. The van der Waals surface area contributed by atoms with Gasteiger partial charge in [0.25, 0.3) is 0 Å². The van der Waals surface area contributed by atoms with Crippen molar-refractivity contribution in [1.82, 2.24) is 4.90 Å². The molecule has 0 bridgehead atoms. The molecule has 1 fully saturated rings. The van der Waals surface area contributed by atoms with Gasteiger partial charge in [0.15, 0.2) is 0 Å². The minimum atomic E-state index is 0.681. The van der Waals surface area contributed by atoms with Crippen LogP contribution in [0.2, 0.25) is 0 Å². The number of hydrogen-bond acceptors (Lipinski definition) is 3. The minimum absolute atomic E-state index is 0.681. The van der Waals surface area contributed by atoms with Crippen LogP contribution in [0.1, 0.15) is 32.6 Å². The summed E-state index contributed by atoms with van der Waals surface area (Å²) in [5.41, 5.74) is 1.24. The molecule has 0 spiro atoms. The predicted molar refractivity (Wildman–Crippen MR) is 55.0 cm³/mol. The van der Waals surface area contributed by atoms with Gasteiger partial charge in [-0.2, -0.15) is 0 Å². The lowest BCUT2D eigenvalue weighted by Crippen LogP contribution is -2.32. The van der Waals surface area contributed by atoms with Crippen molar-refractivity contribution in [3.63, 3.8) is 0 Å². The van der Waals surface area contributed by atoms with Gasteiger partial charge in [0.1, 0.15) is 6.61 Å². The predicted octanol–water partition coefficient (Wildman–Crippen LogP) is 1.88. The van der Waals surface area contributed by atoms with Crippen molar-refractivity contribution >= 4 is 5.71 Å². The maximum absolute atomic E-state index is 5.04. The lowest BCUT2D eigenvalue weighted by Gasteiger charge is -2.28. The van der Waals surface area contributed by atoms with Crippen LogP contribution in [0.15, 0.2) is 5.16 Å². The van der Waals surface area contributed by atoms with Crippen molar-refractivity contribution in [3.05, 3.63) is 0 Å². The molecule has 0 aromatic rings. The molecule has 0 atom stereocenters. The lowest BCUT2D eigenvalue weighted by atomic mass is 9.93. The molecule has 1 aliphatic rings. The molecule has 0 heterocycles. The molecule has 0 aromatic heterocycles. The normalized spacial score (nSPS) is 23.4. The average molecular weight is 184 g/mol. The van der Waals surface area contributed by atoms with E-state index in [-0.39, 0.29) is 0 Å². The highest BCUT2D eigenvalue weighted by atomic mass is 16.6. The Morgan fingerprint density at radius 1 is 1.38 bits per heavy atom. The van der Waals surface area contributed by atoms with Crippen molar-refractivity contribution in [2.75, 3.05) is 20.7 Å². The second kappa shape index (κ2) is 5.22. The van der Waals surface area contributed by atoms with Crippen LogP contribution in [0.25, 0.3) is 0 Å². The number of rotatable bonds is 3. The first-order chi connectivity index (χ1) is 6.24. The first-order valence-corrected chi connectivity index (χ1v) is 5.08. The summed E-state index contributed by atoms with van der Waals surface area (Å²) in [5, 5.41) is 4.09. The minimum Gasteiger partial charge on any atom is -0.396 e. The molecule has 0 saturated heterocycles. The molecule has 0 aromatic carbocycles. The van der Waals surface area contributed by atoms with Crippen LogP contribution in [-0.2, 0) is 4.84 Å². The Hall–Kier alpha value is -0.570. The van der Waals surface area contributed by atoms with Gasteiger partial charge in [-0.25, -0.2) is 0 Å². The molecule has 1 saturated carbocycles. The molecule has 0 radical (unpaired) electrons. The van der Waals surface area contributed by atoms with Crippen molar-refractivity contribution in [2.24, 2.45) is 5.16 Å². The Labute approximate surface area is 80.7 Å². The van der Waals surface area contributed by atoms with E-state index in [4.69, 9.17) is 4.84 Å². The highest BCUT2D eigenvalue weighted by Gasteiger charge is 2.19. The molecule has 1 aliphatic carbocycles.